The Kier molecular flexibility index (Phi) is 4.54. The van der Waals surface area contributed by atoms with Gasteiger partial charge in [0, 0.05) is 53.2 Å². The van der Waals surface area contributed by atoms with Crippen LogP contribution in [0.1, 0.15) is 6.42 Å². The highest BCUT2D eigenvalue weighted by Gasteiger charge is 2.24. The van der Waals surface area contributed by atoms with Crippen LogP contribution in [0.15, 0.2) is 0 Å². The number of carbonyl (C=O) groups is 2. The van der Waals surface area contributed by atoms with E-state index in [0.717, 1.165) is 0 Å². The first kappa shape index (κ1) is 12.8. The fraction of sp³-hybridized carbons (Fsp3) is 0.800. The molecule has 6 nitrogen and oxygen atoms in total. The highest BCUT2D eigenvalue weighted by molar-refractivity contribution is 5.77. The molecule has 2 N–H and O–H groups in total. The minimum absolute atomic E-state index is 0.00549. The van der Waals surface area contributed by atoms with Crippen LogP contribution in [-0.4, -0.2) is 73.5 Å². The summed E-state index contributed by atoms with van der Waals surface area (Å²) in [5.41, 5.74) is 5.33. The molecule has 16 heavy (non-hydrogen) atoms. The molecular weight excluding hydrogens is 208 g/mol. The van der Waals surface area contributed by atoms with Crippen LogP contribution < -0.4 is 5.73 Å². The molecule has 0 bridgehead atoms. The fourth-order valence-corrected chi connectivity index (χ4v) is 1.71. The Morgan fingerprint density at radius 2 is 1.62 bits per heavy atom. The molecule has 0 spiro atoms. The smallest absolute Gasteiger partial charge is 0.319 e. The van der Waals surface area contributed by atoms with Crippen LogP contribution in [-0.2, 0) is 4.79 Å². The summed E-state index contributed by atoms with van der Waals surface area (Å²) >= 11 is 0. The Labute approximate surface area is 96.0 Å². The number of nitrogens with two attached hydrogens (primary N) is 1. The molecule has 3 amide bonds. The highest BCUT2D eigenvalue weighted by Crippen LogP contribution is 2.05. The van der Waals surface area contributed by atoms with Crippen molar-refractivity contribution in [1.29, 1.82) is 0 Å². The summed E-state index contributed by atoms with van der Waals surface area (Å²) in [4.78, 5) is 28.2. The summed E-state index contributed by atoms with van der Waals surface area (Å²) < 4.78 is 0. The number of nitrogens with zero attached hydrogens (tertiary/aromatic N) is 3. The molecule has 0 aliphatic carbocycles. The zero-order chi connectivity index (χ0) is 12.1. The Morgan fingerprint density at radius 1 is 1.12 bits per heavy atom. The van der Waals surface area contributed by atoms with Gasteiger partial charge in [0.2, 0.25) is 5.91 Å². The molecule has 1 heterocycles. The van der Waals surface area contributed by atoms with Gasteiger partial charge in [-0.1, -0.05) is 0 Å². The Morgan fingerprint density at radius 3 is 2.06 bits per heavy atom. The zero-order valence-electron chi connectivity index (χ0n) is 9.98. The van der Waals surface area contributed by atoms with Gasteiger partial charge >= 0.3 is 6.03 Å². The van der Waals surface area contributed by atoms with Crippen LogP contribution in [0.4, 0.5) is 4.79 Å². The molecule has 0 aromatic rings. The molecule has 0 atom stereocenters. The molecule has 1 aliphatic heterocycles. The molecular formula is C10H20N4O2. The lowest BCUT2D eigenvalue weighted by atomic mass is 10.3. The minimum Gasteiger partial charge on any atom is -0.339 e. The van der Waals surface area contributed by atoms with Gasteiger partial charge in [0.25, 0.3) is 0 Å². The number of amides is 3. The molecule has 0 radical (unpaired) electrons. The van der Waals surface area contributed by atoms with E-state index < -0.39 is 0 Å². The molecule has 0 aromatic carbocycles. The van der Waals surface area contributed by atoms with Gasteiger partial charge in [-0.3, -0.25) is 4.79 Å². The van der Waals surface area contributed by atoms with E-state index in [1.165, 1.54) is 0 Å². The van der Waals surface area contributed by atoms with Crippen molar-refractivity contribution in [3.63, 3.8) is 0 Å². The van der Waals surface area contributed by atoms with E-state index >= 15 is 0 Å². The van der Waals surface area contributed by atoms with Crippen LogP contribution in [0.5, 0.6) is 0 Å². The molecule has 0 saturated carbocycles. The monoisotopic (exact) mass is 228 g/mol. The van der Waals surface area contributed by atoms with E-state index in [1.807, 2.05) is 0 Å². The summed E-state index contributed by atoms with van der Waals surface area (Å²) in [6, 6.07) is 0.00549. The van der Waals surface area contributed by atoms with E-state index in [2.05, 4.69) is 0 Å². The number of urea groups is 1. The van der Waals surface area contributed by atoms with Crippen molar-refractivity contribution in [2.24, 2.45) is 5.73 Å². The van der Waals surface area contributed by atoms with Crippen molar-refractivity contribution in [1.82, 2.24) is 14.7 Å². The summed E-state index contributed by atoms with van der Waals surface area (Å²) in [6.07, 6.45) is 0.391. The van der Waals surface area contributed by atoms with Crippen LogP contribution in [0, 0.1) is 0 Å². The van der Waals surface area contributed by atoms with Gasteiger partial charge in [0.05, 0.1) is 0 Å². The SMILES string of the molecule is CN(C)C(=O)N1CCN(C(=O)CCN)CC1. The van der Waals surface area contributed by atoms with Crippen molar-refractivity contribution in [2.75, 3.05) is 46.8 Å². The molecule has 1 rings (SSSR count). The lowest BCUT2D eigenvalue weighted by molar-refractivity contribution is -0.132. The maximum atomic E-state index is 11.6. The maximum Gasteiger partial charge on any atom is 0.319 e. The first-order valence-electron chi connectivity index (χ1n) is 5.50. The summed E-state index contributed by atoms with van der Waals surface area (Å²) in [7, 11) is 3.46. The summed E-state index contributed by atoms with van der Waals surface area (Å²) in [5.74, 6) is 0.0828. The van der Waals surface area contributed by atoms with Crippen molar-refractivity contribution in [3.05, 3.63) is 0 Å². The molecule has 1 aliphatic rings. The number of piperazine rings is 1. The van der Waals surface area contributed by atoms with E-state index in [1.54, 1.807) is 28.8 Å². The number of carbonyl (C=O) groups excluding carboxylic acids is 2. The minimum atomic E-state index is 0.00549. The second-order valence-electron chi connectivity index (χ2n) is 4.08. The lowest BCUT2D eigenvalue weighted by Crippen LogP contribution is -2.53. The van der Waals surface area contributed by atoms with Gasteiger partial charge in [-0.15, -0.1) is 0 Å². The van der Waals surface area contributed by atoms with Crippen molar-refractivity contribution in [3.8, 4) is 0 Å². The molecule has 92 valence electrons. The summed E-state index contributed by atoms with van der Waals surface area (Å²) in [6.45, 7) is 2.81. The zero-order valence-corrected chi connectivity index (χ0v) is 9.98. The van der Waals surface area contributed by atoms with Gasteiger partial charge in [0.1, 0.15) is 0 Å². The van der Waals surface area contributed by atoms with Gasteiger partial charge < -0.3 is 20.4 Å². The predicted octanol–water partition coefficient (Wildman–Crippen LogP) is -0.839. The third-order valence-electron chi connectivity index (χ3n) is 2.64. The fourth-order valence-electron chi connectivity index (χ4n) is 1.71. The Balaban J connectivity index is 2.39. The Bertz CT molecular complexity index is 260. The first-order chi connectivity index (χ1) is 7.56. The van der Waals surface area contributed by atoms with Gasteiger partial charge in [-0.25, -0.2) is 4.79 Å². The second kappa shape index (κ2) is 5.69. The van der Waals surface area contributed by atoms with Crippen molar-refractivity contribution < 1.29 is 9.59 Å². The third-order valence-corrected chi connectivity index (χ3v) is 2.64. The van der Waals surface area contributed by atoms with Crippen molar-refractivity contribution >= 4 is 11.9 Å². The van der Waals surface area contributed by atoms with Crippen LogP contribution in [0.25, 0.3) is 0 Å². The molecule has 0 unspecified atom stereocenters. The van der Waals surface area contributed by atoms with Crippen LogP contribution >= 0.6 is 0 Å². The van der Waals surface area contributed by atoms with Gasteiger partial charge in [0.15, 0.2) is 0 Å². The molecule has 6 heteroatoms. The molecule has 0 aromatic heterocycles. The largest absolute Gasteiger partial charge is 0.339 e. The molecule has 1 saturated heterocycles. The average Bonchev–Trinajstić information content (AvgIpc) is 2.28. The van der Waals surface area contributed by atoms with Crippen LogP contribution in [0.3, 0.4) is 0 Å². The van der Waals surface area contributed by atoms with Crippen LogP contribution in [0.2, 0.25) is 0 Å². The predicted molar refractivity (Wildman–Crippen MR) is 60.9 cm³/mol. The van der Waals surface area contributed by atoms with E-state index in [4.69, 9.17) is 5.73 Å². The highest BCUT2D eigenvalue weighted by atomic mass is 16.2. The van der Waals surface area contributed by atoms with E-state index in [9.17, 15) is 9.59 Å². The maximum absolute atomic E-state index is 11.6. The standard InChI is InChI=1S/C10H20N4O2/c1-12(2)10(16)14-7-5-13(6-8-14)9(15)3-4-11/h3-8,11H2,1-2H3. The second-order valence-corrected chi connectivity index (χ2v) is 4.08. The average molecular weight is 228 g/mol. The van der Waals surface area contributed by atoms with Gasteiger partial charge in [-0.05, 0) is 0 Å². The number of hydrogen-bond donors (Lipinski definition) is 1. The quantitative estimate of drug-likeness (QED) is 0.670. The number of hydrogen-bond acceptors (Lipinski definition) is 3. The molecule has 1 fully saturated rings. The topological polar surface area (TPSA) is 69.9 Å². The van der Waals surface area contributed by atoms with E-state index in [0.29, 0.717) is 39.1 Å². The normalized spacial score (nSPS) is 16.2. The lowest BCUT2D eigenvalue weighted by Gasteiger charge is -2.35. The third kappa shape index (κ3) is 3.10. The Hall–Kier alpha value is -1.30. The van der Waals surface area contributed by atoms with Crippen molar-refractivity contribution in [2.45, 2.75) is 6.42 Å². The summed E-state index contributed by atoms with van der Waals surface area (Å²) in [5, 5.41) is 0. The number of rotatable bonds is 2. The van der Waals surface area contributed by atoms with E-state index in [-0.39, 0.29) is 11.9 Å². The van der Waals surface area contributed by atoms with Gasteiger partial charge in [-0.2, -0.15) is 0 Å². The first-order valence-corrected chi connectivity index (χ1v) is 5.50.